The van der Waals surface area contributed by atoms with Gasteiger partial charge in [0.2, 0.25) is 17.7 Å². The lowest BCUT2D eigenvalue weighted by atomic mass is 9.70. The number of aliphatic hydroxyl groups is 1. The smallest absolute Gasteiger partial charge is 0.248 e. The summed E-state index contributed by atoms with van der Waals surface area (Å²) >= 11 is 1.61. The van der Waals surface area contributed by atoms with Crippen LogP contribution >= 0.6 is 11.8 Å². The van der Waals surface area contributed by atoms with Gasteiger partial charge in [0.15, 0.2) is 0 Å². The number of likely N-dealkylation sites (tertiary alicyclic amines) is 1. The average molecular weight is 510 g/mol. The zero-order valence-corrected chi connectivity index (χ0v) is 21.2. The van der Waals surface area contributed by atoms with Crippen LogP contribution in [0.25, 0.3) is 0 Å². The number of methoxy groups -OCH3 is 1. The number of benzene rings is 2. The number of carbonyl (C=O) groups is 3. The Kier molecular flexibility index (Phi) is 6.70. The first-order chi connectivity index (χ1) is 17.4. The maximum absolute atomic E-state index is 14.0. The molecule has 3 saturated heterocycles. The molecule has 190 valence electrons. The van der Waals surface area contributed by atoms with Gasteiger partial charge in [0.25, 0.3) is 0 Å². The van der Waals surface area contributed by atoms with Crippen molar-refractivity contribution in [1.29, 1.82) is 0 Å². The molecule has 3 heterocycles. The summed E-state index contributed by atoms with van der Waals surface area (Å²) < 4.78 is 4.49. The number of carbonyl (C=O) groups excluding carboxylic acids is 3. The molecule has 3 amide bonds. The van der Waals surface area contributed by atoms with Gasteiger partial charge in [-0.2, -0.15) is 0 Å². The minimum Gasteiger partial charge on any atom is -0.497 e. The van der Waals surface area contributed by atoms with Gasteiger partial charge in [0.05, 0.1) is 36.3 Å². The van der Waals surface area contributed by atoms with Gasteiger partial charge >= 0.3 is 0 Å². The third-order valence-corrected chi connectivity index (χ3v) is 9.72. The van der Waals surface area contributed by atoms with Crippen molar-refractivity contribution in [2.75, 3.05) is 24.4 Å². The van der Waals surface area contributed by atoms with Crippen molar-refractivity contribution in [1.82, 2.24) is 4.90 Å². The monoisotopic (exact) mass is 509 g/mol. The third-order valence-electron chi connectivity index (χ3n) is 7.76. The Labute approximate surface area is 214 Å². The summed E-state index contributed by atoms with van der Waals surface area (Å²) in [6.45, 7) is 1.65. The van der Waals surface area contributed by atoms with Crippen LogP contribution in [0.5, 0.6) is 5.75 Å². The van der Waals surface area contributed by atoms with E-state index >= 15 is 0 Å². The van der Waals surface area contributed by atoms with Crippen LogP contribution in [0.2, 0.25) is 0 Å². The maximum Gasteiger partial charge on any atom is 0.248 e. The number of hydrogen-bond donors (Lipinski definition) is 3. The van der Waals surface area contributed by atoms with E-state index in [4.69, 9.17) is 4.74 Å². The Bertz CT molecular complexity index is 1140. The molecule has 1 spiro atoms. The van der Waals surface area contributed by atoms with Gasteiger partial charge in [-0.05, 0) is 55.7 Å². The number of hydrogen-bond acceptors (Lipinski definition) is 6. The molecule has 0 aliphatic carbocycles. The second-order valence-electron chi connectivity index (χ2n) is 9.62. The highest BCUT2D eigenvalue weighted by Crippen LogP contribution is 2.66. The van der Waals surface area contributed by atoms with Gasteiger partial charge in [-0.1, -0.05) is 25.1 Å². The van der Waals surface area contributed by atoms with Crippen molar-refractivity contribution in [2.24, 2.45) is 11.8 Å². The summed E-state index contributed by atoms with van der Waals surface area (Å²) in [5.41, 5.74) is 1.28. The van der Waals surface area contributed by atoms with Gasteiger partial charge in [-0.3, -0.25) is 14.4 Å². The predicted molar refractivity (Wildman–Crippen MR) is 139 cm³/mol. The summed E-state index contributed by atoms with van der Waals surface area (Å²) in [7, 11) is 1.58. The van der Waals surface area contributed by atoms with Gasteiger partial charge in [0, 0.05) is 16.6 Å². The molecule has 36 heavy (non-hydrogen) atoms. The molecule has 3 N–H and O–H groups in total. The highest BCUT2D eigenvalue weighted by atomic mass is 32.2. The second-order valence-corrected chi connectivity index (χ2v) is 11.2. The van der Waals surface area contributed by atoms with Crippen molar-refractivity contribution in [2.45, 2.75) is 48.3 Å². The first-order valence-corrected chi connectivity index (χ1v) is 13.2. The van der Waals surface area contributed by atoms with Crippen LogP contribution in [0.4, 0.5) is 11.4 Å². The lowest BCUT2D eigenvalue weighted by Gasteiger charge is -2.36. The number of nitrogens with zero attached hydrogens (tertiary/aromatic N) is 1. The molecule has 5 rings (SSSR count). The number of amides is 3. The number of nitrogens with one attached hydrogen (secondary N) is 2. The van der Waals surface area contributed by atoms with Crippen LogP contribution in [0.1, 0.15) is 26.2 Å². The third kappa shape index (κ3) is 3.94. The van der Waals surface area contributed by atoms with E-state index in [1.165, 1.54) is 0 Å². The van der Waals surface area contributed by atoms with E-state index in [0.29, 0.717) is 30.0 Å². The molecule has 6 atom stereocenters. The first kappa shape index (κ1) is 24.6. The van der Waals surface area contributed by atoms with E-state index in [1.807, 2.05) is 37.3 Å². The minimum atomic E-state index is -0.779. The number of rotatable bonds is 8. The van der Waals surface area contributed by atoms with E-state index in [1.54, 1.807) is 48.0 Å². The Morgan fingerprint density at radius 1 is 1.11 bits per heavy atom. The minimum absolute atomic E-state index is 0.0321. The van der Waals surface area contributed by atoms with Crippen LogP contribution in [0.15, 0.2) is 54.6 Å². The van der Waals surface area contributed by atoms with Crippen LogP contribution in [-0.2, 0) is 14.4 Å². The summed E-state index contributed by atoms with van der Waals surface area (Å²) in [6, 6.07) is 15.0. The standard InChI is InChI=1S/C27H31N3O5S/c1-3-18(15-31)30-23(25(33)29-17-9-11-19(35-2)12-10-17)27-14-13-20(36-27)21(22(27)26(30)34)24(32)28-16-7-5-4-6-8-16/h4-12,18,20-23,31H,3,13-15H2,1-2H3,(H,28,32)(H,29,33)/t18-,20+,21-,22-,23?,27?/m0/s1. The normalized spacial score (nSPS) is 29.1. The zero-order chi connectivity index (χ0) is 25.4. The van der Waals surface area contributed by atoms with Gasteiger partial charge in [0.1, 0.15) is 11.8 Å². The summed E-state index contributed by atoms with van der Waals surface area (Å²) in [4.78, 5) is 42.8. The van der Waals surface area contributed by atoms with Gasteiger partial charge in [-0.15, -0.1) is 11.8 Å². The predicted octanol–water partition coefficient (Wildman–Crippen LogP) is 3.13. The van der Waals surface area contributed by atoms with Crippen molar-refractivity contribution in [3.8, 4) is 5.75 Å². The van der Waals surface area contributed by atoms with Crippen LogP contribution in [0.3, 0.4) is 0 Å². The van der Waals surface area contributed by atoms with Crippen molar-refractivity contribution < 1.29 is 24.2 Å². The Morgan fingerprint density at radius 3 is 2.42 bits per heavy atom. The van der Waals surface area contributed by atoms with Gasteiger partial charge in [-0.25, -0.2) is 0 Å². The van der Waals surface area contributed by atoms with E-state index in [-0.39, 0.29) is 29.6 Å². The Hall–Kier alpha value is -3.04. The summed E-state index contributed by atoms with van der Waals surface area (Å²) in [5, 5.41) is 16.1. The molecule has 0 aromatic heterocycles. The highest BCUT2D eigenvalue weighted by Gasteiger charge is 2.74. The lowest BCUT2D eigenvalue weighted by molar-refractivity contribution is -0.141. The summed E-state index contributed by atoms with van der Waals surface area (Å²) in [6.07, 6.45) is 1.94. The molecule has 2 bridgehead atoms. The Balaban J connectivity index is 1.48. The fraction of sp³-hybridized carbons (Fsp3) is 0.444. The van der Waals surface area contributed by atoms with E-state index in [0.717, 1.165) is 6.42 Å². The van der Waals surface area contributed by atoms with Crippen LogP contribution in [0, 0.1) is 11.8 Å². The largest absolute Gasteiger partial charge is 0.497 e. The molecule has 3 aliphatic heterocycles. The number of fused-ring (bicyclic) bond motifs is 1. The number of ether oxygens (including phenoxy) is 1. The van der Waals surface area contributed by atoms with Gasteiger partial charge < -0.3 is 25.4 Å². The van der Waals surface area contributed by atoms with E-state index in [9.17, 15) is 19.5 Å². The van der Waals surface area contributed by atoms with Crippen molar-refractivity contribution >= 4 is 40.9 Å². The highest BCUT2D eigenvalue weighted by molar-refractivity contribution is 8.02. The topological polar surface area (TPSA) is 108 Å². The molecule has 8 nitrogen and oxygen atoms in total. The zero-order valence-electron chi connectivity index (χ0n) is 20.3. The average Bonchev–Trinajstić information content (AvgIpc) is 3.53. The van der Waals surface area contributed by atoms with Crippen LogP contribution in [-0.4, -0.2) is 63.5 Å². The molecule has 0 radical (unpaired) electrons. The number of thioether (sulfide) groups is 1. The molecule has 9 heteroatoms. The van der Waals surface area contributed by atoms with Crippen molar-refractivity contribution in [3.63, 3.8) is 0 Å². The Morgan fingerprint density at radius 2 is 1.78 bits per heavy atom. The number of anilines is 2. The maximum atomic E-state index is 14.0. The molecule has 2 aromatic carbocycles. The SMILES string of the molecule is CC[C@@H](CO)N1C(=O)[C@@H]2[C@@H](C(=O)Nc3ccccc3)[C@H]3CCC2(S3)C1C(=O)Nc1ccc(OC)cc1. The molecule has 3 fully saturated rings. The van der Waals surface area contributed by atoms with Crippen LogP contribution < -0.4 is 15.4 Å². The molecular weight excluding hydrogens is 478 g/mol. The fourth-order valence-corrected chi connectivity index (χ4v) is 8.34. The summed E-state index contributed by atoms with van der Waals surface area (Å²) in [5.74, 6) is -1.17. The number of aliphatic hydroxyl groups excluding tert-OH is 1. The number of para-hydroxylation sites is 1. The molecule has 2 aromatic rings. The quantitative estimate of drug-likeness (QED) is 0.505. The van der Waals surface area contributed by atoms with Crippen molar-refractivity contribution in [3.05, 3.63) is 54.6 Å². The van der Waals surface area contributed by atoms with E-state index in [2.05, 4.69) is 10.6 Å². The molecule has 0 saturated carbocycles. The fourth-order valence-electron chi connectivity index (χ4n) is 6.13. The molecule has 2 unspecified atom stereocenters. The second kappa shape index (κ2) is 9.78. The first-order valence-electron chi connectivity index (χ1n) is 12.3. The lowest BCUT2D eigenvalue weighted by Crippen LogP contribution is -2.54. The van der Waals surface area contributed by atoms with E-state index < -0.39 is 28.7 Å². The molecule has 3 aliphatic rings. The molecular formula is C27H31N3O5S.